The first-order chi connectivity index (χ1) is 7.97. The summed E-state index contributed by atoms with van der Waals surface area (Å²) in [5.74, 6) is 0.0711. The number of hydrogen-bond donors (Lipinski definition) is 1. The number of nitrogens with two attached hydrogens (primary N) is 1. The van der Waals surface area contributed by atoms with Crippen molar-refractivity contribution in [3.63, 3.8) is 0 Å². The Kier molecular flexibility index (Phi) is 4.77. The highest BCUT2D eigenvalue weighted by Gasteiger charge is 2.17. The van der Waals surface area contributed by atoms with Crippen LogP contribution < -0.4 is 10.0 Å². The van der Waals surface area contributed by atoms with E-state index in [2.05, 4.69) is 0 Å². The van der Waals surface area contributed by atoms with Crippen LogP contribution in [0, 0.1) is 0 Å². The van der Waals surface area contributed by atoms with Crippen molar-refractivity contribution in [1.29, 1.82) is 0 Å². The third-order valence-electron chi connectivity index (χ3n) is 2.42. The van der Waals surface area contributed by atoms with Crippen LogP contribution >= 0.6 is 0 Å². The van der Waals surface area contributed by atoms with E-state index in [4.69, 9.17) is 10.5 Å². The normalized spacial score (nSPS) is 11.4. The number of methoxy groups -OCH3 is 1. The standard InChI is InChI=1S/C11H18N2O3S/c1-13(11-6-4-10(12)5-7-11)17(14,15)9-3-8-16-2/h4-7H,3,8-9,12H2,1-2H3. The molecule has 0 aliphatic heterocycles. The smallest absolute Gasteiger partial charge is 0.234 e. The molecule has 0 unspecified atom stereocenters. The Hall–Kier alpha value is -1.27. The maximum Gasteiger partial charge on any atom is 0.234 e. The van der Waals surface area contributed by atoms with Crippen LogP contribution in [-0.2, 0) is 14.8 Å². The van der Waals surface area contributed by atoms with Crippen molar-refractivity contribution < 1.29 is 13.2 Å². The Morgan fingerprint density at radius 3 is 2.41 bits per heavy atom. The SMILES string of the molecule is COCCCS(=O)(=O)N(C)c1ccc(N)cc1. The van der Waals surface area contributed by atoms with Crippen molar-refractivity contribution in [2.45, 2.75) is 6.42 Å². The van der Waals surface area contributed by atoms with Gasteiger partial charge >= 0.3 is 0 Å². The van der Waals surface area contributed by atoms with Gasteiger partial charge in [0.05, 0.1) is 11.4 Å². The number of sulfonamides is 1. The van der Waals surface area contributed by atoms with Crippen LogP contribution in [0.2, 0.25) is 0 Å². The number of ether oxygens (including phenoxy) is 1. The lowest BCUT2D eigenvalue weighted by molar-refractivity contribution is 0.199. The fourth-order valence-electron chi connectivity index (χ4n) is 1.37. The molecule has 2 N–H and O–H groups in total. The predicted octanol–water partition coefficient (Wildman–Crippen LogP) is 1.07. The zero-order chi connectivity index (χ0) is 12.9. The summed E-state index contributed by atoms with van der Waals surface area (Å²) in [6, 6.07) is 6.72. The quantitative estimate of drug-likeness (QED) is 0.612. The minimum atomic E-state index is -3.29. The molecule has 0 amide bonds. The van der Waals surface area contributed by atoms with Gasteiger partial charge in [-0.15, -0.1) is 0 Å². The summed E-state index contributed by atoms with van der Waals surface area (Å²) >= 11 is 0. The van der Waals surface area contributed by atoms with Gasteiger partial charge in [0, 0.05) is 26.5 Å². The highest BCUT2D eigenvalue weighted by atomic mass is 32.2. The van der Waals surface area contributed by atoms with E-state index >= 15 is 0 Å². The molecule has 0 radical (unpaired) electrons. The average molecular weight is 258 g/mol. The van der Waals surface area contributed by atoms with E-state index in [1.54, 1.807) is 31.4 Å². The highest BCUT2D eigenvalue weighted by molar-refractivity contribution is 7.92. The molecule has 1 rings (SSSR count). The Balaban J connectivity index is 2.74. The fourth-order valence-corrected chi connectivity index (χ4v) is 2.57. The maximum absolute atomic E-state index is 11.9. The molecular weight excluding hydrogens is 240 g/mol. The molecule has 0 heterocycles. The van der Waals surface area contributed by atoms with Crippen molar-refractivity contribution in [2.75, 3.05) is 36.6 Å². The van der Waals surface area contributed by atoms with Gasteiger partial charge in [0.1, 0.15) is 0 Å². The number of anilines is 2. The van der Waals surface area contributed by atoms with Gasteiger partial charge < -0.3 is 10.5 Å². The van der Waals surface area contributed by atoms with Crippen LogP contribution in [0.4, 0.5) is 11.4 Å². The number of nitrogen functional groups attached to an aromatic ring is 1. The second-order valence-corrected chi connectivity index (χ2v) is 5.84. The van der Waals surface area contributed by atoms with Crippen molar-refractivity contribution >= 4 is 21.4 Å². The molecule has 0 atom stereocenters. The first-order valence-electron chi connectivity index (χ1n) is 5.28. The number of benzene rings is 1. The number of nitrogens with zero attached hydrogens (tertiary/aromatic N) is 1. The van der Waals surface area contributed by atoms with Crippen molar-refractivity contribution in [3.05, 3.63) is 24.3 Å². The molecule has 0 saturated heterocycles. The molecule has 0 aromatic heterocycles. The summed E-state index contributed by atoms with van der Waals surface area (Å²) < 4.78 is 30.0. The maximum atomic E-state index is 11.9. The molecular formula is C11H18N2O3S. The van der Waals surface area contributed by atoms with Crippen molar-refractivity contribution in [1.82, 2.24) is 0 Å². The second-order valence-electron chi connectivity index (χ2n) is 3.72. The van der Waals surface area contributed by atoms with Gasteiger partial charge in [0.15, 0.2) is 0 Å². The van der Waals surface area contributed by atoms with E-state index in [-0.39, 0.29) is 5.75 Å². The Morgan fingerprint density at radius 2 is 1.88 bits per heavy atom. The first kappa shape index (κ1) is 13.8. The summed E-state index contributed by atoms with van der Waals surface area (Å²) in [6.45, 7) is 0.439. The van der Waals surface area contributed by atoms with Crippen LogP contribution in [-0.4, -0.2) is 34.9 Å². The zero-order valence-electron chi connectivity index (χ0n) is 10.1. The number of hydrogen-bond acceptors (Lipinski definition) is 4. The summed E-state index contributed by atoms with van der Waals surface area (Å²) in [6.07, 6.45) is 0.484. The van der Waals surface area contributed by atoms with Gasteiger partial charge in [-0.2, -0.15) is 0 Å². The summed E-state index contributed by atoms with van der Waals surface area (Å²) in [5.41, 5.74) is 6.77. The average Bonchev–Trinajstić information content (AvgIpc) is 2.29. The lowest BCUT2D eigenvalue weighted by atomic mass is 10.3. The van der Waals surface area contributed by atoms with Crippen LogP contribution in [0.3, 0.4) is 0 Å². The molecule has 1 aromatic carbocycles. The molecule has 5 nitrogen and oxygen atoms in total. The van der Waals surface area contributed by atoms with Crippen molar-refractivity contribution in [2.24, 2.45) is 0 Å². The predicted molar refractivity (Wildman–Crippen MR) is 69.5 cm³/mol. The molecule has 0 fully saturated rings. The Labute approximate surface area is 102 Å². The molecule has 0 spiro atoms. The lowest BCUT2D eigenvalue weighted by Gasteiger charge is -2.19. The summed E-state index contributed by atoms with van der Waals surface area (Å²) in [5, 5.41) is 0. The third kappa shape index (κ3) is 3.90. The topological polar surface area (TPSA) is 72.6 Å². The van der Waals surface area contributed by atoms with E-state index in [1.165, 1.54) is 11.4 Å². The number of rotatable bonds is 6. The lowest BCUT2D eigenvalue weighted by Crippen LogP contribution is -2.29. The van der Waals surface area contributed by atoms with Gasteiger partial charge in [0.2, 0.25) is 10.0 Å². The van der Waals surface area contributed by atoms with Crippen LogP contribution in [0.25, 0.3) is 0 Å². The summed E-state index contributed by atoms with van der Waals surface area (Å²) in [7, 11) is -0.199. The van der Waals surface area contributed by atoms with Gasteiger partial charge in [0.25, 0.3) is 0 Å². The van der Waals surface area contributed by atoms with Crippen LogP contribution in [0.1, 0.15) is 6.42 Å². The molecule has 0 bridgehead atoms. The molecule has 17 heavy (non-hydrogen) atoms. The van der Waals surface area contributed by atoms with E-state index in [0.717, 1.165) is 0 Å². The largest absolute Gasteiger partial charge is 0.399 e. The highest BCUT2D eigenvalue weighted by Crippen LogP contribution is 2.18. The van der Waals surface area contributed by atoms with Gasteiger partial charge in [-0.1, -0.05) is 0 Å². The molecule has 96 valence electrons. The van der Waals surface area contributed by atoms with Crippen LogP contribution in [0.15, 0.2) is 24.3 Å². The zero-order valence-corrected chi connectivity index (χ0v) is 10.9. The van der Waals surface area contributed by atoms with E-state index in [1.807, 2.05) is 0 Å². The monoisotopic (exact) mass is 258 g/mol. The Morgan fingerprint density at radius 1 is 1.29 bits per heavy atom. The van der Waals surface area contributed by atoms with Gasteiger partial charge in [-0.3, -0.25) is 4.31 Å². The summed E-state index contributed by atoms with van der Waals surface area (Å²) in [4.78, 5) is 0. The van der Waals surface area contributed by atoms with E-state index in [9.17, 15) is 8.42 Å². The second kappa shape index (κ2) is 5.88. The van der Waals surface area contributed by atoms with Crippen molar-refractivity contribution in [3.8, 4) is 0 Å². The molecule has 6 heteroatoms. The fraction of sp³-hybridized carbons (Fsp3) is 0.455. The Bertz CT molecular complexity index is 442. The molecule has 0 aliphatic rings. The third-order valence-corrected chi connectivity index (χ3v) is 4.27. The van der Waals surface area contributed by atoms with E-state index in [0.29, 0.717) is 24.4 Å². The molecule has 0 aliphatic carbocycles. The molecule has 1 aromatic rings. The first-order valence-corrected chi connectivity index (χ1v) is 6.89. The van der Waals surface area contributed by atoms with Gasteiger partial charge in [-0.05, 0) is 30.7 Å². The van der Waals surface area contributed by atoms with E-state index < -0.39 is 10.0 Å². The minimum Gasteiger partial charge on any atom is -0.399 e. The molecule has 0 saturated carbocycles. The minimum absolute atomic E-state index is 0.0711. The van der Waals surface area contributed by atoms with Crippen LogP contribution in [0.5, 0.6) is 0 Å². The van der Waals surface area contributed by atoms with Gasteiger partial charge in [-0.25, -0.2) is 8.42 Å².